The number of nitrogens with two attached hydrogens (primary N) is 1. The van der Waals surface area contributed by atoms with Crippen LogP contribution in [0, 0.1) is 5.82 Å². The van der Waals surface area contributed by atoms with E-state index in [4.69, 9.17) is 17.3 Å². The van der Waals surface area contributed by atoms with E-state index in [1.54, 1.807) is 6.92 Å². The van der Waals surface area contributed by atoms with Crippen LogP contribution in [0.2, 0.25) is 5.02 Å². The van der Waals surface area contributed by atoms with Crippen LogP contribution in [0.15, 0.2) is 42.5 Å². The molecule has 0 aliphatic heterocycles. The number of benzene rings is 2. The number of amides is 1. The molecule has 1 unspecified atom stereocenters. The number of carbonyl (C=O) groups excluding carboxylic acids is 1. The molecule has 0 aliphatic carbocycles. The molecule has 0 aliphatic rings. The lowest BCUT2D eigenvalue weighted by Crippen LogP contribution is -2.23. The normalized spacial score (nSPS) is 11.7. The lowest BCUT2D eigenvalue weighted by Gasteiger charge is -2.13. The maximum absolute atomic E-state index is 13.9. The second kappa shape index (κ2) is 10.4. The first-order valence-corrected chi connectivity index (χ1v) is 11.0. The molecule has 0 bridgehead atoms. The predicted octanol–water partition coefficient (Wildman–Crippen LogP) is 4.81. The molecule has 31 heavy (non-hydrogen) atoms. The lowest BCUT2D eigenvalue weighted by molar-refractivity contribution is -0.115. The fourth-order valence-electron chi connectivity index (χ4n) is 2.73. The van der Waals surface area contributed by atoms with E-state index in [9.17, 15) is 9.18 Å². The van der Waals surface area contributed by atoms with Crippen molar-refractivity contribution in [2.24, 2.45) is 0 Å². The first-order chi connectivity index (χ1) is 14.9. The minimum absolute atomic E-state index is 0.0762. The first-order valence-electron chi connectivity index (χ1n) is 9.58. The molecular weight excluding hydrogens is 439 g/mol. The molecule has 0 saturated heterocycles. The van der Waals surface area contributed by atoms with E-state index in [-0.39, 0.29) is 22.6 Å². The van der Waals surface area contributed by atoms with Crippen LogP contribution in [-0.2, 0) is 17.0 Å². The Morgan fingerprint density at radius 2 is 1.97 bits per heavy atom. The van der Waals surface area contributed by atoms with E-state index in [0.717, 1.165) is 23.7 Å². The number of anilines is 4. The number of nitrogens with one attached hydrogen (secondary N) is 2. The molecule has 0 saturated carbocycles. The van der Waals surface area contributed by atoms with Gasteiger partial charge in [-0.2, -0.15) is 15.0 Å². The Bertz CT molecular complexity index is 1080. The summed E-state index contributed by atoms with van der Waals surface area (Å²) in [7, 11) is 0. The summed E-state index contributed by atoms with van der Waals surface area (Å²) in [4.78, 5) is 25.1. The molecule has 1 heterocycles. The van der Waals surface area contributed by atoms with Crippen LogP contribution in [0.3, 0.4) is 0 Å². The van der Waals surface area contributed by atoms with Gasteiger partial charge in [0.1, 0.15) is 11.6 Å². The molecule has 4 N–H and O–H groups in total. The van der Waals surface area contributed by atoms with Crippen LogP contribution in [0.1, 0.15) is 25.2 Å². The molecular formula is C21H22ClFN6OS. The zero-order chi connectivity index (χ0) is 22.4. The molecule has 2 aromatic carbocycles. The maximum Gasteiger partial charge on any atom is 0.237 e. The van der Waals surface area contributed by atoms with Gasteiger partial charge in [-0.1, -0.05) is 36.7 Å². The van der Waals surface area contributed by atoms with E-state index in [0.29, 0.717) is 17.5 Å². The van der Waals surface area contributed by atoms with Crippen molar-refractivity contribution in [3.8, 4) is 0 Å². The van der Waals surface area contributed by atoms with Crippen molar-refractivity contribution < 1.29 is 9.18 Å². The molecule has 1 amide bonds. The molecule has 1 aromatic heterocycles. The second-order valence-electron chi connectivity index (χ2n) is 6.64. The molecule has 7 nitrogen and oxygen atoms in total. The highest BCUT2D eigenvalue weighted by atomic mass is 35.5. The number of nitrogen functional groups attached to an aromatic ring is 1. The van der Waals surface area contributed by atoms with Gasteiger partial charge >= 0.3 is 0 Å². The summed E-state index contributed by atoms with van der Waals surface area (Å²) < 4.78 is 13.9. The minimum Gasteiger partial charge on any atom is -0.368 e. The topological polar surface area (TPSA) is 106 Å². The number of carbonyl (C=O) groups is 1. The van der Waals surface area contributed by atoms with Crippen LogP contribution in [0.5, 0.6) is 0 Å². The first kappa shape index (κ1) is 22.8. The average molecular weight is 461 g/mol. The Balaban J connectivity index is 1.63. The van der Waals surface area contributed by atoms with Crippen molar-refractivity contribution in [3.05, 3.63) is 64.7 Å². The number of halogens is 2. The summed E-state index contributed by atoms with van der Waals surface area (Å²) in [6, 6.07) is 11.9. The van der Waals surface area contributed by atoms with Gasteiger partial charge in [0, 0.05) is 10.7 Å². The number of thioether (sulfide) groups is 1. The SMILES string of the molecule is CCc1ccccc1Nc1nc(N)nc(CSC(C)C(=O)Nc2ccc(Cl)cc2F)n1. The Morgan fingerprint density at radius 3 is 2.71 bits per heavy atom. The molecule has 0 fully saturated rings. The quantitative estimate of drug-likeness (QED) is 0.442. The lowest BCUT2D eigenvalue weighted by atomic mass is 10.1. The van der Waals surface area contributed by atoms with Gasteiger partial charge in [0.25, 0.3) is 0 Å². The van der Waals surface area contributed by atoms with Gasteiger partial charge in [-0.25, -0.2) is 4.39 Å². The summed E-state index contributed by atoms with van der Waals surface area (Å²) in [6.45, 7) is 3.78. The molecule has 1 atom stereocenters. The predicted molar refractivity (Wildman–Crippen MR) is 124 cm³/mol. The number of hydrogen-bond acceptors (Lipinski definition) is 7. The van der Waals surface area contributed by atoms with Crippen LogP contribution in [0.25, 0.3) is 0 Å². The Kier molecular flexibility index (Phi) is 7.64. The number of nitrogens with zero attached hydrogens (tertiary/aromatic N) is 3. The van der Waals surface area contributed by atoms with Crippen molar-refractivity contribution in [3.63, 3.8) is 0 Å². The van der Waals surface area contributed by atoms with Crippen molar-refractivity contribution in [2.45, 2.75) is 31.3 Å². The second-order valence-corrected chi connectivity index (χ2v) is 8.40. The van der Waals surface area contributed by atoms with E-state index in [1.165, 1.54) is 23.9 Å². The molecule has 162 valence electrons. The Morgan fingerprint density at radius 1 is 1.19 bits per heavy atom. The van der Waals surface area contributed by atoms with Crippen LogP contribution < -0.4 is 16.4 Å². The maximum atomic E-state index is 13.9. The van der Waals surface area contributed by atoms with Crippen LogP contribution in [-0.4, -0.2) is 26.1 Å². The molecule has 3 aromatic rings. The van der Waals surface area contributed by atoms with E-state index in [1.807, 2.05) is 24.3 Å². The smallest absolute Gasteiger partial charge is 0.237 e. The van der Waals surface area contributed by atoms with Crippen LogP contribution in [0.4, 0.5) is 27.7 Å². The Hall–Kier alpha value is -2.91. The summed E-state index contributed by atoms with van der Waals surface area (Å²) in [6.07, 6.45) is 0.854. The summed E-state index contributed by atoms with van der Waals surface area (Å²) in [5.41, 5.74) is 7.93. The molecule has 10 heteroatoms. The van der Waals surface area contributed by atoms with E-state index in [2.05, 4.69) is 32.5 Å². The third kappa shape index (κ3) is 6.28. The van der Waals surface area contributed by atoms with Crippen molar-refractivity contribution in [1.29, 1.82) is 0 Å². The zero-order valence-electron chi connectivity index (χ0n) is 17.0. The fraction of sp³-hybridized carbons (Fsp3) is 0.238. The third-order valence-electron chi connectivity index (χ3n) is 4.36. The number of para-hydroxylation sites is 1. The fourth-order valence-corrected chi connectivity index (χ4v) is 3.63. The van der Waals surface area contributed by atoms with Crippen molar-refractivity contribution >= 4 is 52.5 Å². The van der Waals surface area contributed by atoms with Gasteiger partial charge in [0.15, 0.2) is 0 Å². The molecule has 0 spiro atoms. The van der Waals surface area contributed by atoms with Crippen molar-refractivity contribution in [1.82, 2.24) is 15.0 Å². The van der Waals surface area contributed by atoms with E-state index < -0.39 is 11.1 Å². The highest BCUT2D eigenvalue weighted by molar-refractivity contribution is 7.99. The third-order valence-corrected chi connectivity index (χ3v) is 5.74. The highest BCUT2D eigenvalue weighted by Gasteiger charge is 2.17. The average Bonchev–Trinajstić information content (AvgIpc) is 2.74. The highest BCUT2D eigenvalue weighted by Crippen LogP contribution is 2.23. The van der Waals surface area contributed by atoms with Gasteiger partial charge < -0.3 is 16.4 Å². The van der Waals surface area contributed by atoms with Gasteiger partial charge in [0.05, 0.1) is 16.7 Å². The monoisotopic (exact) mass is 460 g/mol. The standard InChI is InChI=1S/C21H22ClFN6OS/c1-3-13-6-4-5-7-16(13)26-21-28-18(27-20(24)29-21)11-31-12(2)19(30)25-17-9-8-14(22)10-15(17)23/h4-10,12H,3,11H2,1-2H3,(H,25,30)(H3,24,26,27,28,29). The number of rotatable bonds is 8. The minimum atomic E-state index is -0.591. The van der Waals surface area contributed by atoms with Crippen molar-refractivity contribution in [2.75, 3.05) is 16.4 Å². The number of aromatic nitrogens is 3. The molecule has 0 radical (unpaired) electrons. The van der Waals surface area contributed by atoms with Gasteiger partial charge in [-0.05, 0) is 43.2 Å². The van der Waals surface area contributed by atoms with Gasteiger partial charge in [-0.15, -0.1) is 11.8 Å². The van der Waals surface area contributed by atoms with E-state index >= 15 is 0 Å². The largest absolute Gasteiger partial charge is 0.368 e. The summed E-state index contributed by atoms with van der Waals surface area (Å²) in [5, 5.41) is 5.51. The van der Waals surface area contributed by atoms with Gasteiger partial charge in [0.2, 0.25) is 17.8 Å². The zero-order valence-corrected chi connectivity index (χ0v) is 18.6. The summed E-state index contributed by atoms with van der Waals surface area (Å²) >= 11 is 7.04. The molecule has 3 rings (SSSR count). The van der Waals surface area contributed by atoms with Gasteiger partial charge in [-0.3, -0.25) is 4.79 Å². The van der Waals surface area contributed by atoms with Crippen LogP contribution >= 0.6 is 23.4 Å². The Labute approximate surface area is 189 Å². The number of aryl methyl sites for hydroxylation is 1. The number of hydrogen-bond donors (Lipinski definition) is 3. The summed E-state index contributed by atoms with van der Waals surface area (Å²) in [5.74, 6) is 0.252.